The second kappa shape index (κ2) is 14.8. The Labute approximate surface area is 215 Å². The van der Waals surface area contributed by atoms with E-state index in [0.717, 1.165) is 37.0 Å². The number of hydrogen-bond acceptors (Lipinski definition) is 7. The number of carbonyl (C=O) groups excluding carboxylic acids is 7. The number of hydrogen-bond donors (Lipinski definition) is 6. The third-order valence-electron chi connectivity index (χ3n) is 6.04. The van der Waals surface area contributed by atoms with Gasteiger partial charge in [-0.25, -0.2) is 0 Å². The highest BCUT2D eigenvalue weighted by molar-refractivity contribution is 5.95. The van der Waals surface area contributed by atoms with Crippen LogP contribution in [0.25, 0.3) is 0 Å². The molecule has 0 bridgehead atoms. The maximum absolute atomic E-state index is 13.2. The smallest absolute Gasteiger partial charge is 0.243 e. The van der Waals surface area contributed by atoms with Crippen molar-refractivity contribution in [1.82, 2.24) is 36.8 Å². The van der Waals surface area contributed by atoms with Gasteiger partial charge in [-0.2, -0.15) is 0 Å². The summed E-state index contributed by atoms with van der Waals surface area (Å²) in [5.74, 6) is -4.74. The number of nitrogens with one attached hydrogen (secondary N) is 6. The van der Waals surface area contributed by atoms with Gasteiger partial charge in [-0.3, -0.25) is 33.6 Å². The van der Waals surface area contributed by atoms with Crippen LogP contribution in [0.5, 0.6) is 0 Å². The van der Waals surface area contributed by atoms with Gasteiger partial charge in [-0.15, -0.1) is 0 Å². The van der Waals surface area contributed by atoms with Crippen LogP contribution < -0.4 is 31.9 Å². The molecule has 0 aromatic heterocycles. The zero-order valence-corrected chi connectivity index (χ0v) is 21.3. The van der Waals surface area contributed by atoms with Crippen molar-refractivity contribution in [2.75, 3.05) is 39.3 Å². The van der Waals surface area contributed by atoms with Crippen LogP contribution in [-0.2, 0) is 33.6 Å². The van der Waals surface area contributed by atoms with E-state index < -0.39 is 86.7 Å². The molecule has 1 aliphatic heterocycles. The average molecular weight is 524 g/mol. The average Bonchev–Trinajstić information content (AvgIpc) is 2.86. The maximum atomic E-state index is 13.2. The molecule has 1 atom stereocenters. The van der Waals surface area contributed by atoms with E-state index in [1.54, 1.807) is 13.8 Å². The molecule has 1 aliphatic carbocycles. The van der Waals surface area contributed by atoms with Crippen LogP contribution in [0, 0.1) is 5.92 Å². The Bertz CT molecular complexity index is 887. The summed E-state index contributed by atoms with van der Waals surface area (Å²) in [6, 6.07) is -1.02. The number of carbonyl (C=O) groups is 7. The van der Waals surface area contributed by atoms with Crippen LogP contribution in [0.2, 0.25) is 0 Å². The Morgan fingerprint density at radius 2 is 1.14 bits per heavy atom. The highest BCUT2D eigenvalue weighted by atomic mass is 16.2. The summed E-state index contributed by atoms with van der Waals surface area (Å²) in [4.78, 5) is 87.9. The minimum absolute atomic E-state index is 0.0175. The molecule has 0 radical (unpaired) electrons. The van der Waals surface area contributed by atoms with Gasteiger partial charge in [-0.05, 0) is 18.8 Å². The zero-order valence-electron chi connectivity index (χ0n) is 21.3. The first-order valence-electron chi connectivity index (χ1n) is 12.5. The first kappa shape index (κ1) is 29.5. The van der Waals surface area contributed by atoms with E-state index >= 15 is 0 Å². The monoisotopic (exact) mass is 523 g/mol. The Hall–Kier alpha value is -3.71. The van der Waals surface area contributed by atoms with Crippen molar-refractivity contribution in [3.05, 3.63) is 0 Å². The van der Waals surface area contributed by atoms with Gasteiger partial charge in [0.05, 0.1) is 32.7 Å². The molecular formula is C23H37N7O7. The van der Waals surface area contributed by atoms with Gasteiger partial charge in [0.15, 0.2) is 0 Å². The highest BCUT2D eigenvalue weighted by Crippen LogP contribution is 2.19. The van der Waals surface area contributed by atoms with Gasteiger partial charge in [-0.1, -0.05) is 33.1 Å². The molecule has 2 fully saturated rings. The summed E-state index contributed by atoms with van der Waals surface area (Å²) in [6.07, 6.45) is 4.76. The molecule has 2 aliphatic rings. The molecule has 2 rings (SSSR count). The van der Waals surface area contributed by atoms with E-state index in [-0.39, 0.29) is 12.0 Å². The van der Waals surface area contributed by atoms with Crippen LogP contribution >= 0.6 is 0 Å². The molecule has 1 heterocycles. The van der Waals surface area contributed by atoms with E-state index in [9.17, 15) is 33.6 Å². The molecule has 0 spiro atoms. The van der Waals surface area contributed by atoms with Crippen molar-refractivity contribution in [1.29, 1.82) is 0 Å². The molecule has 1 saturated heterocycles. The fraction of sp³-hybridized carbons (Fsp3) is 0.696. The van der Waals surface area contributed by atoms with Gasteiger partial charge < -0.3 is 36.8 Å². The van der Waals surface area contributed by atoms with Crippen molar-refractivity contribution in [2.45, 2.75) is 58.0 Å². The summed E-state index contributed by atoms with van der Waals surface area (Å²) in [5.41, 5.74) is 0. The van der Waals surface area contributed by atoms with Crippen molar-refractivity contribution < 1.29 is 33.6 Å². The third-order valence-corrected chi connectivity index (χ3v) is 6.04. The second-order valence-corrected chi connectivity index (χ2v) is 9.44. The van der Waals surface area contributed by atoms with Crippen LogP contribution in [-0.4, -0.2) is 97.6 Å². The van der Waals surface area contributed by atoms with Crippen molar-refractivity contribution in [3.8, 4) is 0 Å². The molecule has 6 N–H and O–H groups in total. The van der Waals surface area contributed by atoms with Crippen LogP contribution in [0.3, 0.4) is 0 Å². The van der Waals surface area contributed by atoms with Crippen molar-refractivity contribution >= 4 is 41.4 Å². The molecule has 14 nitrogen and oxygen atoms in total. The first-order chi connectivity index (χ1) is 17.6. The topological polar surface area (TPSA) is 195 Å². The lowest BCUT2D eigenvalue weighted by atomic mass is 9.94. The molecule has 14 heteroatoms. The molecule has 7 amide bonds. The van der Waals surface area contributed by atoms with Crippen molar-refractivity contribution in [2.24, 2.45) is 5.92 Å². The van der Waals surface area contributed by atoms with Crippen LogP contribution in [0.4, 0.5) is 0 Å². The quantitative estimate of drug-likeness (QED) is 0.224. The zero-order chi connectivity index (χ0) is 27.4. The SMILES string of the molecule is CC(C)C(C(=O)NC1CCCCC1)N1CC(=O)NCC(=O)NCC(=O)NCC(=O)NCC(=O)NCC1=O. The molecule has 0 aromatic carbocycles. The standard InChI is InChI=1S/C23H37N7O7/c1-14(2)22(23(37)29-15-6-4-3-5-7-15)30-13-20(35)27-11-18(33)25-9-16(31)24-8-17(32)26-10-19(34)28-12-21(30)36/h14-15,22H,3-13H2,1-2H3,(H,24,31)(H,25,33)(H,26,32)(H,27,35)(H,28,34)(H,29,37). The molecule has 1 saturated carbocycles. The largest absolute Gasteiger partial charge is 0.352 e. The number of nitrogens with zero attached hydrogens (tertiary/aromatic N) is 1. The highest BCUT2D eigenvalue weighted by Gasteiger charge is 2.35. The van der Waals surface area contributed by atoms with E-state index in [2.05, 4.69) is 31.9 Å². The van der Waals surface area contributed by atoms with E-state index in [1.807, 2.05) is 0 Å². The van der Waals surface area contributed by atoms with Crippen LogP contribution in [0.1, 0.15) is 46.0 Å². The Balaban J connectivity index is 2.19. The summed E-state index contributed by atoms with van der Waals surface area (Å²) in [6.45, 7) is 0.685. The Morgan fingerprint density at radius 3 is 1.59 bits per heavy atom. The van der Waals surface area contributed by atoms with Crippen molar-refractivity contribution in [3.63, 3.8) is 0 Å². The minimum atomic E-state index is -1.00. The first-order valence-corrected chi connectivity index (χ1v) is 12.5. The van der Waals surface area contributed by atoms with Gasteiger partial charge in [0.2, 0.25) is 41.4 Å². The summed E-state index contributed by atoms with van der Waals surface area (Å²) in [5, 5.41) is 14.6. The molecule has 0 aromatic rings. The molecule has 206 valence electrons. The maximum Gasteiger partial charge on any atom is 0.243 e. The fourth-order valence-corrected chi connectivity index (χ4v) is 4.13. The van der Waals surface area contributed by atoms with Crippen LogP contribution in [0.15, 0.2) is 0 Å². The predicted octanol–water partition coefficient (Wildman–Crippen LogP) is -3.12. The third kappa shape index (κ3) is 10.4. The van der Waals surface area contributed by atoms with Gasteiger partial charge >= 0.3 is 0 Å². The molecular weight excluding hydrogens is 486 g/mol. The lowest BCUT2D eigenvalue weighted by Gasteiger charge is -2.35. The lowest BCUT2D eigenvalue weighted by Crippen LogP contribution is -2.58. The predicted molar refractivity (Wildman–Crippen MR) is 130 cm³/mol. The summed E-state index contributed by atoms with van der Waals surface area (Å²) in [7, 11) is 0. The Kier molecular flexibility index (Phi) is 11.8. The summed E-state index contributed by atoms with van der Waals surface area (Å²) < 4.78 is 0. The van der Waals surface area contributed by atoms with E-state index in [4.69, 9.17) is 0 Å². The Morgan fingerprint density at radius 1 is 0.703 bits per heavy atom. The molecule has 37 heavy (non-hydrogen) atoms. The summed E-state index contributed by atoms with van der Waals surface area (Å²) >= 11 is 0. The molecule has 1 unspecified atom stereocenters. The van der Waals surface area contributed by atoms with E-state index in [0.29, 0.717) is 0 Å². The van der Waals surface area contributed by atoms with Gasteiger partial charge in [0.1, 0.15) is 12.6 Å². The second-order valence-electron chi connectivity index (χ2n) is 9.44. The minimum Gasteiger partial charge on any atom is -0.352 e. The normalized spacial score (nSPS) is 21.0. The number of rotatable bonds is 4. The van der Waals surface area contributed by atoms with Gasteiger partial charge in [0, 0.05) is 6.04 Å². The fourth-order valence-electron chi connectivity index (χ4n) is 4.13. The number of amides is 7. The van der Waals surface area contributed by atoms with E-state index in [1.165, 1.54) is 0 Å². The lowest BCUT2D eigenvalue weighted by molar-refractivity contribution is -0.145. The van der Waals surface area contributed by atoms with Gasteiger partial charge in [0.25, 0.3) is 0 Å².